The van der Waals surface area contributed by atoms with E-state index in [4.69, 9.17) is 9.47 Å². The molecule has 0 aromatic heterocycles. The molecule has 1 aliphatic rings. The number of rotatable bonds is 6. The second-order valence-corrected chi connectivity index (χ2v) is 7.21. The van der Waals surface area contributed by atoms with Crippen LogP contribution in [0, 0.1) is 13.8 Å². The van der Waals surface area contributed by atoms with Crippen molar-refractivity contribution < 1.29 is 14.3 Å². The zero-order valence-corrected chi connectivity index (χ0v) is 17.8. The van der Waals surface area contributed by atoms with Crippen molar-refractivity contribution in [2.45, 2.75) is 20.8 Å². The molecule has 1 amide bonds. The lowest BCUT2D eigenvalue weighted by Crippen LogP contribution is -2.48. The molecule has 0 saturated carbocycles. The molecule has 2 aromatic rings. The van der Waals surface area contributed by atoms with Crippen molar-refractivity contribution in [1.29, 1.82) is 0 Å². The van der Waals surface area contributed by atoms with Gasteiger partial charge < -0.3 is 19.3 Å². The molecule has 1 aliphatic heterocycles. The second kappa shape index (κ2) is 9.50. The molecule has 0 bridgehead atoms. The van der Waals surface area contributed by atoms with E-state index in [9.17, 15) is 4.79 Å². The van der Waals surface area contributed by atoms with E-state index < -0.39 is 0 Å². The van der Waals surface area contributed by atoms with Gasteiger partial charge in [-0.05, 0) is 61.7 Å². The summed E-state index contributed by atoms with van der Waals surface area (Å²) in [6.45, 7) is 9.95. The molecule has 0 radical (unpaired) electrons. The Balaban J connectivity index is 1.61. The molecule has 2 aromatic carbocycles. The molecular formula is C24H30N2O3. The number of methoxy groups -OCH3 is 1. The topological polar surface area (TPSA) is 42.0 Å². The van der Waals surface area contributed by atoms with Crippen LogP contribution in [0.1, 0.15) is 23.6 Å². The SMILES string of the molecule is CCOc1cc(C=CC(=O)N2CCN(c3cccc(C)c3C)CC2)ccc1OC. The number of ether oxygens (including phenoxy) is 2. The molecule has 3 rings (SSSR count). The Morgan fingerprint density at radius 1 is 1.07 bits per heavy atom. The van der Waals surface area contributed by atoms with Crippen LogP contribution in [0.4, 0.5) is 5.69 Å². The first-order chi connectivity index (χ1) is 14.0. The number of hydrogen-bond acceptors (Lipinski definition) is 4. The van der Waals surface area contributed by atoms with E-state index >= 15 is 0 Å². The summed E-state index contributed by atoms with van der Waals surface area (Å²) >= 11 is 0. The molecule has 0 N–H and O–H groups in total. The minimum absolute atomic E-state index is 0.0411. The van der Waals surface area contributed by atoms with Crippen molar-refractivity contribution in [2.75, 3.05) is 44.8 Å². The van der Waals surface area contributed by atoms with Crippen molar-refractivity contribution in [1.82, 2.24) is 4.90 Å². The van der Waals surface area contributed by atoms with Crippen molar-refractivity contribution in [2.24, 2.45) is 0 Å². The number of nitrogens with zero attached hydrogens (tertiary/aromatic N) is 2. The van der Waals surface area contributed by atoms with E-state index in [-0.39, 0.29) is 5.91 Å². The normalized spacial score (nSPS) is 14.3. The van der Waals surface area contributed by atoms with Crippen molar-refractivity contribution >= 4 is 17.7 Å². The maximum Gasteiger partial charge on any atom is 0.246 e. The molecular weight excluding hydrogens is 364 g/mol. The number of aryl methyl sites for hydroxylation is 1. The van der Waals surface area contributed by atoms with Crippen LogP contribution >= 0.6 is 0 Å². The zero-order valence-electron chi connectivity index (χ0n) is 17.8. The molecule has 5 heteroatoms. The van der Waals surface area contributed by atoms with Crippen molar-refractivity contribution in [3.63, 3.8) is 0 Å². The van der Waals surface area contributed by atoms with Gasteiger partial charge in [0.2, 0.25) is 5.91 Å². The van der Waals surface area contributed by atoms with Gasteiger partial charge in [-0.3, -0.25) is 4.79 Å². The van der Waals surface area contributed by atoms with Crippen LogP contribution in [0.2, 0.25) is 0 Å². The zero-order chi connectivity index (χ0) is 20.8. The predicted octanol–water partition coefficient (Wildman–Crippen LogP) is 4.07. The summed E-state index contributed by atoms with van der Waals surface area (Å²) in [4.78, 5) is 16.9. The first-order valence-corrected chi connectivity index (χ1v) is 10.1. The van der Waals surface area contributed by atoms with Crippen LogP contribution in [0.15, 0.2) is 42.5 Å². The molecule has 1 saturated heterocycles. The highest BCUT2D eigenvalue weighted by molar-refractivity contribution is 5.92. The van der Waals surface area contributed by atoms with Gasteiger partial charge >= 0.3 is 0 Å². The summed E-state index contributed by atoms with van der Waals surface area (Å²) in [6.07, 6.45) is 3.48. The van der Waals surface area contributed by atoms with E-state index in [2.05, 4.69) is 36.9 Å². The summed E-state index contributed by atoms with van der Waals surface area (Å²) in [5, 5.41) is 0. The number of benzene rings is 2. The van der Waals surface area contributed by atoms with E-state index in [1.165, 1.54) is 16.8 Å². The second-order valence-electron chi connectivity index (χ2n) is 7.21. The Bertz CT molecular complexity index is 884. The molecule has 0 unspecified atom stereocenters. The lowest BCUT2D eigenvalue weighted by Gasteiger charge is -2.36. The first kappa shape index (κ1) is 20.8. The molecule has 5 nitrogen and oxygen atoms in total. The summed E-state index contributed by atoms with van der Waals surface area (Å²) in [5.41, 5.74) is 4.80. The lowest BCUT2D eigenvalue weighted by atomic mass is 10.1. The van der Waals surface area contributed by atoms with E-state index in [0.717, 1.165) is 31.7 Å². The molecule has 1 heterocycles. The van der Waals surface area contributed by atoms with Crippen molar-refractivity contribution in [3.05, 3.63) is 59.2 Å². The van der Waals surface area contributed by atoms with Crippen LogP contribution in [0.25, 0.3) is 6.08 Å². The third-order valence-corrected chi connectivity index (χ3v) is 5.41. The van der Waals surface area contributed by atoms with Gasteiger partial charge in [0.05, 0.1) is 13.7 Å². The average molecular weight is 395 g/mol. The maximum atomic E-state index is 12.6. The summed E-state index contributed by atoms with van der Waals surface area (Å²) in [5.74, 6) is 1.42. The van der Waals surface area contributed by atoms with Crippen molar-refractivity contribution in [3.8, 4) is 11.5 Å². The fourth-order valence-electron chi connectivity index (χ4n) is 3.58. The fraction of sp³-hybridized carbons (Fsp3) is 0.375. The van der Waals surface area contributed by atoms with Gasteiger partial charge in [0.1, 0.15) is 0 Å². The number of carbonyl (C=O) groups is 1. The van der Waals surface area contributed by atoms with Gasteiger partial charge in [0.15, 0.2) is 11.5 Å². The molecule has 154 valence electrons. The molecule has 0 spiro atoms. The first-order valence-electron chi connectivity index (χ1n) is 10.1. The maximum absolute atomic E-state index is 12.6. The lowest BCUT2D eigenvalue weighted by molar-refractivity contribution is -0.126. The predicted molar refractivity (Wildman–Crippen MR) is 118 cm³/mol. The Kier molecular flexibility index (Phi) is 6.81. The monoisotopic (exact) mass is 394 g/mol. The third-order valence-electron chi connectivity index (χ3n) is 5.41. The Hall–Kier alpha value is -2.95. The highest BCUT2D eigenvalue weighted by Crippen LogP contribution is 2.28. The van der Waals surface area contributed by atoms with Gasteiger partial charge in [-0.1, -0.05) is 18.2 Å². The Morgan fingerprint density at radius 3 is 2.52 bits per heavy atom. The van der Waals surface area contributed by atoms with Crippen LogP contribution in [0.3, 0.4) is 0 Å². The molecule has 29 heavy (non-hydrogen) atoms. The summed E-state index contributed by atoms with van der Waals surface area (Å²) in [6, 6.07) is 12.1. The summed E-state index contributed by atoms with van der Waals surface area (Å²) in [7, 11) is 1.62. The minimum Gasteiger partial charge on any atom is -0.493 e. The highest BCUT2D eigenvalue weighted by atomic mass is 16.5. The average Bonchev–Trinajstić information content (AvgIpc) is 2.74. The highest BCUT2D eigenvalue weighted by Gasteiger charge is 2.21. The Labute approximate surface area is 173 Å². The number of hydrogen-bond donors (Lipinski definition) is 0. The van der Waals surface area contributed by atoms with E-state index in [1.54, 1.807) is 13.2 Å². The quantitative estimate of drug-likeness (QED) is 0.693. The third kappa shape index (κ3) is 4.91. The van der Waals surface area contributed by atoms with Gasteiger partial charge in [-0.15, -0.1) is 0 Å². The number of piperazine rings is 1. The smallest absolute Gasteiger partial charge is 0.246 e. The van der Waals surface area contributed by atoms with Gasteiger partial charge in [0, 0.05) is 37.9 Å². The molecule has 1 fully saturated rings. The van der Waals surface area contributed by atoms with Crippen LogP contribution in [-0.4, -0.2) is 50.7 Å². The van der Waals surface area contributed by atoms with Gasteiger partial charge in [-0.2, -0.15) is 0 Å². The van der Waals surface area contributed by atoms with Gasteiger partial charge in [-0.25, -0.2) is 0 Å². The van der Waals surface area contributed by atoms with Crippen LogP contribution in [-0.2, 0) is 4.79 Å². The van der Waals surface area contributed by atoms with Gasteiger partial charge in [0.25, 0.3) is 0 Å². The number of carbonyl (C=O) groups excluding carboxylic acids is 1. The number of anilines is 1. The van der Waals surface area contributed by atoms with Crippen LogP contribution < -0.4 is 14.4 Å². The standard InChI is InChI=1S/C24H30N2O3/c1-5-29-23-17-20(9-11-22(23)28-4)10-12-24(27)26-15-13-25(14-16-26)21-8-6-7-18(2)19(21)3/h6-12,17H,5,13-16H2,1-4H3. The Morgan fingerprint density at radius 2 is 1.83 bits per heavy atom. The number of amides is 1. The van der Waals surface area contributed by atoms with E-state index in [1.807, 2.05) is 36.1 Å². The molecule has 0 atom stereocenters. The van der Waals surface area contributed by atoms with Crippen LogP contribution in [0.5, 0.6) is 11.5 Å². The minimum atomic E-state index is 0.0411. The largest absolute Gasteiger partial charge is 0.493 e. The summed E-state index contributed by atoms with van der Waals surface area (Å²) < 4.78 is 10.9. The fourth-order valence-corrected chi connectivity index (χ4v) is 3.58. The molecule has 0 aliphatic carbocycles. The van der Waals surface area contributed by atoms with E-state index in [0.29, 0.717) is 18.1 Å².